The quantitative estimate of drug-likeness (QED) is 0.672. The van der Waals surface area contributed by atoms with Gasteiger partial charge < -0.3 is 15.7 Å². The lowest BCUT2D eigenvalue weighted by molar-refractivity contribution is -0.138. The molecule has 0 bridgehead atoms. The van der Waals surface area contributed by atoms with Gasteiger partial charge in [0, 0.05) is 18.5 Å². The number of hydrogen-bond acceptors (Lipinski definition) is 2. The van der Waals surface area contributed by atoms with Gasteiger partial charge in [-0.2, -0.15) is 0 Å². The number of carbonyl (C=O) groups excluding carboxylic acids is 1. The highest BCUT2D eigenvalue weighted by atomic mass is 16.4. The Morgan fingerprint density at radius 1 is 1.25 bits per heavy atom. The van der Waals surface area contributed by atoms with Crippen molar-refractivity contribution in [1.29, 1.82) is 0 Å². The second-order valence-corrected chi connectivity index (χ2v) is 6.70. The Bertz CT molecular complexity index is 336. The lowest BCUT2D eigenvalue weighted by Crippen LogP contribution is -2.49. The van der Waals surface area contributed by atoms with E-state index in [0.29, 0.717) is 12.5 Å². The number of carboxylic acids is 1. The molecule has 1 aliphatic carbocycles. The highest BCUT2D eigenvalue weighted by molar-refractivity contribution is 5.75. The van der Waals surface area contributed by atoms with Crippen LogP contribution in [0.1, 0.15) is 59.3 Å². The van der Waals surface area contributed by atoms with Crippen molar-refractivity contribution in [3.63, 3.8) is 0 Å². The second-order valence-electron chi connectivity index (χ2n) is 6.70. The van der Waals surface area contributed by atoms with E-state index in [2.05, 4.69) is 31.4 Å². The fraction of sp³-hybridized carbons (Fsp3) is 0.867. The molecule has 116 valence electrons. The minimum Gasteiger partial charge on any atom is -0.481 e. The van der Waals surface area contributed by atoms with E-state index in [4.69, 9.17) is 5.11 Å². The van der Waals surface area contributed by atoms with E-state index in [0.717, 1.165) is 32.1 Å². The van der Waals surface area contributed by atoms with Crippen LogP contribution in [-0.2, 0) is 4.79 Å². The molecule has 0 saturated heterocycles. The van der Waals surface area contributed by atoms with Crippen molar-refractivity contribution in [2.75, 3.05) is 6.54 Å². The topological polar surface area (TPSA) is 78.4 Å². The lowest BCUT2D eigenvalue weighted by atomic mass is 9.94. The lowest BCUT2D eigenvalue weighted by Gasteiger charge is -2.26. The van der Waals surface area contributed by atoms with E-state index in [9.17, 15) is 9.59 Å². The van der Waals surface area contributed by atoms with Crippen LogP contribution in [0.15, 0.2) is 0 Å². The van der Waals surface area contributed by atoms with Gasteiger partial charge in [0.25, 0.3) is 0 Å². The van der Waals surface area contributed by atoms with Crippen LogP contribution < -0.4 is 10.6 Å². The molecule has 1 rings (SSSR count). The van der Waals surface area contributed by atoms with Gasteiger partial charge in [-0.05, 0) is 38.0 Å². The Kier molecular flexibility index (Phi) is 6.30. The molecule has 0 spiro atoms. The van der Waals surface area contributed by atoms with Crippen molar-refractivity contribution >= 4 is 12.0 Å². The smallest absolute Gasteiger partial charge is 0.315 e. The highest BCUT2D eigenvalue weighted by Gasteiger charge is 2.30. The van der Waals surface area contributed by atoms with Gasteiger partial charge in [0.1, 0.15) is 0 Å². The summed E-state index contributed by atoms with van der Waals surface area (Å²) in [6.45, 7) is 6.62. The number of aliphatic carboxylic acids is 1. The van der Waals surface area contributed by atoms with Crippen molar-refractivity contribution in [3.05, 3.63) is 0 Å². The molecule has 0 unspecified atom stereocenters. The highest BCUT2D eigenvalue weighted by Crippen LogP contribution is 2.28. The molecule has 0 aromatic rings. The number of nitrogens with one attached hydrogen (secondary N) is 2. The second kappa shape index (κ2) is 7.50. The molecule has 0 aromatic heterocycles. The monoisotopic (exact) mass is 284 g/mol. The summed E-state index contributed by atoms with van der Waals surface area (Å²) in [4.78, 5) is 22.7. The third-order valence-electron chi connectivity index (χ3n) is 3.94. The van der Waals surface area contributed by atoms with Crippen LogP contribution in [0.5, 0.6) is 0 Å². The van der Waals surface area contributed by atoms with Crippen molar-refractivity contribution < 1.29 is 14.7 Å². The predicted octanol–water partition coefficient (Wildman–Crippen LogP) is 2.76. The molecule has 1 fully saturated rings. The molecular formula is C15H28N2O3. The molecule has 1 aliphatic rings. The van der Waals surface area contributed by atoms with Crippen LogP contribution in [0.4, 0.5) is 4.79 Å². The first-order chi connectivity index (χ1) is 9.31. The Morgan fingerprint density at radius 2 is 1.85 bits per heavy atom. The first kappa shape index (κ1) is 16.8. The van der Waals surface area contributed by atoms with E-state index in [1.807, 2.05) is 0 Å². The zero-order valence-electron chi connectivity index (χ0n) is 12.9. The summed E-state index contributed by atoms with van der Waals surface area (Å²) in [6, 6.07) is -0.173. The maximum atomic E-state index is 11.9. The third kappa shape index (κ3) is 6.26. The predicted molar refractivity (Wildman–Crippen MR) is 78.6 cm³/mol. The molecule has 3 N–H and O–H groups in total. The number of carboxylic acid groups (broad SMARTS) is 1. The largest absolute Gasteiger partial charge is 0.481 e. The maximum Gasteiger partial charge on any atom is 0.315 e. The Labute approximate surface area is 121 Å². The average Bonchev–Trinajstić information content (AvgIpc) is 2.71. The first-order valence-corrected chi connectivity index (χ1v) is 7.58. The molecule has 0 aromatic carbocycles. The first-order valence-electron chi connectivity index (χ1n) is 7.58. The van der Waals surface area contributed by atoms with Crippen molar-refractivity contribution in [2.45, 2.75) is 64.8 Å². The van der Waals surface area contributed by atoms with Gasteiger partial charge in [-0.3, -0.25) is 4.79 Å². The number of hydrogen-bond donors (Lipinski definition) is 3. The summed E-state index contributed by atoms with van der Waals surface area (Å²) >= 11 is 0. The SMILES string of the molecule is CC(C)C[C@H](CNC(=O)NC1(C)CCCC1)CC(=O)O. The summed E-state index contributed by atoms with van der Waals surface area (Å²) in [5.41, 5.74) is -0.0928. The average molecular weight is 284 g/mol. The molecule has 5 nitrogen and oxygen atoms in total. The van der Waals surface area contributed by atoms with E-state index < -0.39 is 5.97 Å². The Hall–Kier alpha value is -1.26. The maximum absolute atomic E-state index is 11.9. The van der Waals surface area contributed by atoms with Gasteiger partial charge in [0.2, 0.25) is 0 Å². The van der Waals surface area contributed by atoms with Gasteiger partial charge in [0.05, 0.1) is 0 Å². The third-order valence-corrected chi connectivity index (χ3v) is 3.94. The van der Waals surface area contributed by atoms with Gasteiger partial charge >= 0.3 is 12.0 Å². The van der Waals surface area contributed by atoms with E-state index in [1.165, 1.54) is 0 Å². The Balaban J connectivity index is 2.37. The minimum absolute atomic E-state index is 0.00497. The number of rotatable bonds is 7. The van der Waals surface area contributed by atoms with Crippen LogP contribution in [-0.4, -0.2) is 29.2 Å². The molecule has 0 heterocycles. The fourth-order valence-corrected chi connectivity index (χ4v) is 2.99. The molecule has 20 heavy (non-hydrogen) atoms. The van der Waals surface area contributed by atoms with Gasteiger partial charge in [-0.15, -0.1) is 0 Å². The van der Waals surface area contributed by atoms with Crippen molar-refractivity contribution in [1.82, 2.24) is 10.6 Å². The van der Waals surface area contributed by atoms with Crippen LogP contribution in [0.25, 0.3) is 0 Å². The van der Waals surface area contributed by atoms with Gasteiger partial charge in [-0.1, -0.05) is 26.7 Å². The van der Waals surface area contributed by atoms with Crippen LogP contribution in [0.2, 0.25) is 0 Å². The number of urea groups is 1. The summed E-state index contributed by atoms with van der Waals surface area (Å²) < 4.78 is 0. The van der Waals surface area contributed by atoms with Crippen LogP contribution in [0, 0.1) is 11.8 Å². The molecular weight excluding hydrogens is 256 g/mol. The summed E-state index contributed by atoms with van der Waals surface area (Å²) in [5.74, 6) is -0.383. The van der Waals surface area contributed by atoms with Gasteiger partial charge in [0.15, 0.2) is 0 Å². The summed E-state index contributed by atoms with van der Waals surface area (Å²) in [6.07, 6.45) is 5.27. The van der Waals surface area contributed by atoms with Crippen LogP contribution in [0.3, 0.4) is 0 Å². The van der Waals surface area contributed by atoms with Gasteiger partial charge in [-0.25, -0.2) is 4.79 Å². The minimum atomic E-state index is -0.805. The normalized spacial score (nSPS) is 18.8. The zero-order chi connectivity index (χ0) is 15.2. The molecule has 0 radical (unpaired) electrons. The fourth-order valence-electron chi connectivity index (χ4n) is 2.99. The molecule has 2 amide bonds. The standard InChI is InChI=1S/C15H28N2O3/c1-11(2)8-12(9-13(18)19)10-16-14(20)17-15(3)6-4-5-7-15/h11-12H,4-10H2,1-3H3,(H,18,19)(H2,16,17,20)/t12-/m0/s1. The summed E-state index contributed by atoms with van der Waals surface area (Å²) in [7, 11) is 0. The van der Waals surface area contributed by atoms with E-state index >= 15 is 0 Å². The van der Waals surface area contributed by atoms with E-state index in [1.54, 1.807) is 0 Å². The number of amides is 2. The molecule has 1 atom stereocenters. The van der Waals surface area contributed by atoms with E-state index in [-0.39, 0.29) is 23.9 Å². The molecule has 5 heteroatoms. The molecule has 0 aliphatic heterocycles. The zero-order valence-corrected chi connectivity index (χ0v) is 12.9. The molecule has 1 saturated carbocycles. The van der Waals surface area contributed by atoms with Crippen LogP contribution >= 0.6 is 0 Å². The Morgan fingerprint density at radius 3 is 2.35 bits per heavy atom. The van der Waals surface area contributed by atoms with Crippen molar-refractivity contribution in [3.8, 4) is 0 Å². The number of carbonyl (C=O) groups is 2. The summed E-state index contributed by atoms with van der Waals surface area (Å²) in [5, 5.41) is 14.8. The van der Waals surface area contributed by atoms with Crippen molar-refractivity contribution in [2.24, 2.45) is 11.8 Å².